The molecule has 0 aromatic rings. The van der Waals surface area contributed by atoms with E-state index in [1.165, 1.54) is 30.1 Å². The summed E-state index contributed by atoms with van der Waals surface area (Å²) in [6.45, 7) is 8.68. The summed E-state index contributed by atoms with van der Waals surface area (Å²) in [6, 6.07) is 0. The van der Waals surface area contributed by atoms with Gasteiger partial charge in [0.15, 0.2) is 0 Å². The summed E-state index contributed by atoms with van der Waals surface area (Å²) in [5, 5.41) is 0. The van der Waals surface area contributed by atoms with Gasteiger partial charge in [0.05, 0.1) is 6.61 Å². The maximum absolute atomic E-state index is 5.66. The van der Waals surface area contributed by atoms with Crippen molar-refractivity contribution in [1.82, 2.24) is 0 Å². The van der Waals surface area contributed by atoms with Gasteiger partial charge in [-0.15, -0.1) is 0 Å². The molecular weight excluding hydrogens is 299 g/mol. The topological polar surface area (TPSA) is 9.23 Å². The molecule has 0 aromatic heterocycles. The van der Waals surface area contributed by atoms with E-state index in [-0.39, 0.29) is 0 Å². The molecule has 0 aromatic carbocycles. The first-order valence-electron chi connectivity index (χ1n) is 6.27. The molecular formula is C13H25IO. The Morgan fingerprint density at radius 2 is 1.93 bits per heavy atom. The number of ether oxygens (including phenoxy) is 1. The van der Waals surface area contributed by atoms with Crippen LogP contribution in [0.15, 0.2) is 0 Å². The summed E-state index contributed by atoms with van der Waals surface area (Å²) in [7, 11) is 0. The molecule has 1 saturated carbocycles. The monoisotopic (exact) mass is 324 g/mol. The highest BCUT2D eigenvalue weighted by Gasteiger charge is 2.35. The van der Waals surface area contributed by atoms with Gasteiger partial charge in [-0.25, -0.2) is 0 Å². The molecule has 15 heavy (non-hydrogen) atoms. The van der Waals surface area contributed by atoms with Crippen molar-refractivity contribution in [2.75, 3.05) is 17.6 Å². The van der Waals surface area contributed by atoms with E-state index in [4.69, 9.17) is 4.74 Å². The first-order chi connectivity index (χ1) is 7.13. The molecule has 0 atom stereocenters. The minimum atomic E-state index is 0.502. The van der Waals surface area contributed by atoms with Crippen LogP contribution < -0.4 is 0 Å². The second-order valence-corrected chi connectivity index (χ2v) is 6.12. The van der Waals surface area contributed by atoms with E-state index in [0.29, 0.717) is 5.41 Å². The smallest absolute Gasteiger partial charge is 0.0529 e. The summed E-state index contributed by atoms with van der Waals surface area (Å²) >= 11 is 2.54. The van der Waals surface area contributed by atoms with E-state index in [1.807, 2.05) is 0 Å². The Labute approximate surface area is 108 Å². The molecule has 1 aliphatic rings. The van der Waals surface area contributed by atoms with E-state index in [2.05, 4.69) is 43.4 Å². The number of rotatable bonds is 5. The third-order valence-electron chi connectivity index (χ3n) is 3.93. The molecule has 0 saturated heterocycles. The van der Waals surface area contributed by atoms with Crippen LogP contribution in [-0.2, 0) is 4.74 Å². The highest BCUT2D eigenvalue weighted by molar-refractivity contribution is 14.1. The van der Waals surface area contributed by atoms with E-state index >= 15 is 0 Å². The Hall–Kier alpha value is 0.690. The quantitative estimate of drug-likeness (QED) is 0.541. The highest BCUT2D eigenvalue weighted by Crippen LogP contribution is 2.42. The fourth-order valence-corrected chi connectivity index (χ4v) is 3.54. The Balaban J connectivity index is 2.43. The van der Waals surface area contributed by atoms with Crippen LogP contribution in [0.3, 0.4) is 0 Å². The fraction of sp³-hybridized carbons (Fsp3) is 1.00. The largest absolute Gasteiger partial charge is 0.381 e. The second-order valence-electron chi connectivity index (χ2n) is 5.35. The molecule has 1 aliphatic carbocycles. The molecule has 0 unspecified atom stereocenters. The van der Waals surface area contributed by atoms with Gasteiger partial charge >= 0.3 is 0 Å². The van der Waals surface area contributed by atoms with E-state index in [1.54, 1.807) is 0 Å². The van der Waals surface area contributed by atoms with Gasteiger partial charge in [0.2, 0.25) is 0 Å². The van der Waals surface area contributed by atoms with E-state index in [9.17, 15) is 0 Å². The van der Waals surface area contributed by atoms with Crippen LogP contribution in [0.25, 0.3) is 0 Å². The van der Waals surface area contributed by atoms with E-state index in [0.717, 1.165) is 25.0 Å². The molecule has 1 rings (SSSR count). The predicted molar refractivity (Wildman–Crippen MR) is 74.6 cm³/mol. The number of alkyl halides is 1. The van der Waals surface area contributed by atoms with Crippen LogP contribution >= 0.6 is 22.6 Å². The molecule has 2 heteroatoms. The van der Waals surface area contributed by atoms with Crippen molar-refractivity contribution in [1.29, 1.82) is 0 Å². The van der Waals surface area contributed by atoms with Gasteiger partial charge in [0, 0.05) is 16.4 Å². The van der Waals surface area contributed by atoms with Crippen molar-refractivity contribution in [3.8, 4) is 0 Å². The first kappa shape index (κ1) is 13.8. The SMILES string of the molecule is CCOCC1(CI)CCC(C(C)C)CC1. The van der Waals surface area contributed by atoms with Crippen molar-refractivity contribution >= 4 is 22.6 Å². The molecule has 0 bridgehead atoms. The molecule has 0 heterocycles. The lowest BCUT2D eigenvalue weighted by Gasteiger charge is -2.40. The van der Waals surface area contributed by atoms with Crippen molar-refractivity contribution in [2.45, 2.75) is 46.5 Å². The normalized spacial score (nSPS) is 32.2. The first-order valence-corrected chi connectivity index (χ1v) is 7.80. The standard InChI is InChI=1S/C13H25IO/c1-4-15-10-13(9-14)7-5-12(6-8-13)11(2)3/h11-12H,4-10H2,1-3H3. The maximum Gasteiger partial charge on any atom is 0.0529 e. The Bertz CT molecular complexity index is 171. The lowest BCUT2D eigenvalue weighted by molar-refractivity contribution is 0.0270. The summed E-state index contributed by atoms with van der Waals surface area (Å²) < 4.78 is 6.92. The van der Waals surface area contributed by atoms with Gasteiger partial charge < -0.3 is 4.74 Å². The molecule has 0 N–H and O–H groups in total. The molecule has 90 valence electrons. The molecule has 0 spiro atoms. The second kappa shape index (κ2) is 6.43. The maximum atomic E-state index is 5.66. The summed E-state index contributed by atoms with van der Waals surface area (Å²) in [4.78, 5) is 0. The van der Waals surface area contributed by atoms with Crippen LogP contribution in [0.1, 0.15) is 46.5 Å². The zero-order valence-electron chi connectivity index (χ0n) is 10.4. The van der Waals surface area contributed by atoms with Crippen LogP contribution in [-0.4, -0.2) is 17.6 Å². The van der Waals surface area contributed by atoms with Gasteiger partial charge in [0.1, 0.15) is 0 Å². The van der Waals surface area contributed by atoms with Crippen LogP contribution in [0.5, 0.6) is 0 Å². The lowest BCUT2D eigenvalue weighted by Crippen LogP contribution is -2.34. The number of halogens is 1. The summed E-state index contributed by atoms with van der Waals surface area (Å²) in [6.07, 6.45) is 5.57. The Kier molecular flexibility index (Phi) is 5.90. The van der Waals surface area contributed by atoms with Crippen LogP contribution in [0.2, 0.25) is 0 Å². The zero-order chi connectivity index (χ0) is 11.3. The zero-order valence-corrected chi connectivity index (χ0v) is 12.5. The summed E-state index contributed by atoms with van der Waals surface area (Å²) in [5.74, 6) is 1.83. The molecule has 0 aliphatic heterocycles. The van der Waals surface area contributed by atoms with Gasteiger partial charge in [0.25, 0.3) is 0 Å². The Morgan fingerprint density at radius 3 is 2.33 bits per heavy atom. The van der Waals surface area contributed by atoms with Crippen molar-refractivity contribution in [2.24, 2.45) is 17.3 Å². The van der Waals surface area contributed by atoms with Gasteiger partial charge in [-0.05, 0) is 44.4 Å². The third kappa shape index (κ3) is 3.88. The minimum Gasteiger partial charge on any atom is -0.381 e. The van der Waals surface area contributed by atoms with Crippen molar-refractivity contribution < 1.29 is 4.74 Å². The summed E-state index contributed by atoms with van der Waals surface area (Å²) in [5.41, 5.74) is 0.502. The highest BCUT2D eigenvalue weighted by atomic mass is 127. The van der Waals surface area contributed by atoms with Gasteiger partial charge in [-0.3, -0.25) is 0 Å². The van der Waals surface area contributed by atoms with E-state index < -0.39 is 0 Å². The predicted octanol–water partition coefficient (Wildman–Crippen LogP) is 4.29. The number of hydrogen-bond acceptors (Lipinski definition) is 1. The third-order valence-corrected chi connectivity index (χ3v) is 5.55. The lowest BCUT2D eigenvalue weighted by atomic mass is 9.69. The average molecular weight is 324 g/mol. The molecule has 0 radical (unpaired) electrons. The fourth-order valence-electron chi connectivity index (χ4n) is 2.55. The Morgan fingerprint density at radius 1 is 1.33 bits per heavy atom. The molecule has 1 nitrogen and oxygen atoms in total. The van der Waals surface area contributed by atoms with Crippen LogP contribution in [0, 0.1) is 17.3 Å². The molecule has 0 amide bonds. The number of hydrogen-bond donors (Lipinski definition) is 0. The van der Waals surface area contributed by atoms with Gasteiger partial charge in [-0.1, -0.05) is 36.4 Å². The van der Waals surface area contributed by atoms with Crippen molar-refractivity contribution in [3.05, 3.63) is 0 Å². The van der Waals surface area contributed by atoms with Gasteiger partial charge in [-0.2, -0.15) is 0 Å². The average Bonchev–Trinajstić information content (AvgIpc) is 2.27. The van der Waals surface area contributed by atoms with Crippen molar-refractivity contribution in [3.63, 3.8) is 0 Å². The minimum absolute atomic E-state index is 0.502. The van der Waals surface area contributed by atoms with Crippen LogP contribution in [0.4, 0.5) is 0 Å². The molecule has 1 fully saturated rings.